The maximum Gasteiger partial charge on any atom is 0.364 e. The van der Waals surface area contributed by atoms with E-state index in [9.17, 15) is 64.8 Å². The number of carboxylic acid groups (broad SMARTS) is 2. The van der Waals surface area contributed by atoms with Crippen LogP contribution in [-0.4, -0.2) is 166 Å². The number of methoxy groups -OCH3 is 1. The summed E-state index contributed by atoms with van der Waals surface area (Å²) in [6, 6.07) is 11.1. The van der Waals surface area contributed by atoms with Crippen LogP contribution in [0.2, 0.25) is 0 Å². The quantitative estimate of drug-likeness (QED) is 0.0798. The number of ether oxygens (including phenoxy) is 3. The number of hydrogen-bond donors (Lipinski definition) is 10. The molecule has 0 bridgehead atoms. The van der Waals surface area contributed by atoms with E-state index in [1.54, 1.807) is 48.5 Å². The largest absolute Gasteiger partial charge is 0.480 e. The number of rotatable bonds is 15. The summed E-state index contributed by atoms with van der Waals surface area (Å²) < 4.78 is 18.2. The number of anilines is 1. The van der Waals surface area contributed by atoms with E-state index in [2.05, 4.69) is 20.9 Å². The zero-order valence-electron chi connectivity index (χ0n) is 34.6. The number of nitrogens with one attached hydrogen (secondary N) is 2. The highest BCUT2D eigenvalue weighted by Gasteiger charge is 2.56. The minimum absolute atomic E-state index is 0.0429. The number of nitrogens with zero attached hydrogens (tertiary/aromatic N) is 4. The number of aliphatic carboxylic acids is 2. The van der Waals surface area contributed by atoms with Crippen molar-refractivity contribution in [1.29, 1.82) is 0 Å². The van der Waals surface area contributed by atoms with E-state index in [0.29, 0.717) is 28.1 Å². The van der Waals surface area contributed by atoms with Gasteiger partial charge in [-0.2, -0.15) is 0 Å². The lowest BCUT2D eigenvalue weighted by atomic mass is 9.81. The molecule has 2 fully saturated rings. The van der Waals surface area contributed by atoms with Crippen LogP contribution in [0.1, 0.15) is 45.1 Å². The lowest BCUT2D eigenvalue weighted by Gasteiger charge is -2.47. The van der Waals surface area contributed by atoms with Crippen LogP contribution < -0.4 is 15.5 Å². The molecule has 1 aliphatic carbocycles. The van der Waals surface area contributed by atoms with Gasteiger partial charge in [-0.1, -0.05) is 47.7 Å². The first kappa shape index (κ1) is 47.1. The summed E-state index contributed by atoms with van der Waals surface area (Å²) in [4.78, 5) is 64.5. The van der Waals surface area contributed by atoms with Crippen molar-refractivity contribution < 1.29 is 79.0 Å². The number of benzene rings is 2. The third-order valence-electron chi connectivity index (χ3n) is 11.7. The van der Waals surface area contributed by atoms with Crippen molar-refractivity contribution in [3.05, 3.63) is 54.1 Å². The maximum absolute atomic E-state index is 13.9. The Morgan fingerprint density at radius 1 is 0.952 bits per heavy atom. The number of carbonyl (C=O) groups is 5. The number of carbonyl (C=O) groups excluding carboxylic acids is 3. The van der Waals surface area contributed by atoms with E-state index in [4.69, 9.17) is 14.2 Å². The number of para-hydroxylation sites is 1. The molecule has 6 rings (SSSR count). The van der Waals surface area contributed by atoms with Crippen molar-refractivity contribution >= 4 is 35.3 Å². The molecule has 63 heavy (non-hydrogen) atoms. The standard InChI is InChI=1S/C41H52N6O16/c1-19(39(57)58)42-29(51)12-13-30(52)46-16-21-8-4-5-9-23(21)31-33(24-10-6-7-11-25(24)46)47(45-44-31)17-27(50)35(54)38-32(43-20(2)48)26(49)15-41(63-38,40(59)60)62-18-22-14-28(61-3)36(55)37(56)34(22)53/h4-11,19,22,26-28,32,34-38,49-50,53-56H,12-18H2,1-3H3,(H,42,51)(H,43,48)(H,57,58)(H,59,60). The fraction of sp³-hybridized carbons (Fsp3) is 0.537. The summed E-state index contributed by atoms with van der Waals surface area (Å²) >= 11 is 0. The van der Waals surface area contributed by atoms with Gasteiger partial charge in [0.25, 0.3) is 5.79 Å². The van der Waals surface area contributed by atoms with Crippen LogP contribution in [-0.2, 0) is 51.3 Å². The van der Waals surface area contributed by atoms with Crippen molar-refractivity contribution in [2.24, 2.45) is 5.92 Å². The molecular weight excluding hydrogens is 832 g/mol. The second-order valence-electron chi connectivity index (χ2n) is 16.0. The molecule has 3 amide bonds. The van der Waals surface area contributed by atoms with Gasteiger partial charge in [0.05, 0.1) is 55.4 Å². The number of aromatic nitrogens is 3. The van der Waals surface area contributed by atoms with E-state index in [0.717, 1.165) is 6.92 Å². The molecule has 1 aromatic heterocycles. The molecule has 0 radical (unpaired) electrons. The smallest absolute Gasteiger partial charge is 0.364 e. The van der Waals surface area contributed by atoms with Crippen LogP contribution in [0, 0.1) is 5.92 Å². The highest BCUT2D eigenvalue weighted by atomic mass is 16.7. The Morgan fingerprint density at radius 2 is 1.63 bits per heavy atom. The summed E-state index contributed by atoms with van der Waals surface area (Å²) in [6.07, 6.45) is -14.6. The van der Waals surface area contributed by atoms with Crippen molar-refractivity contribution in [2.75, 3.05) is 18.6 Å². The molecule has 22 heteroatoms. The molecular formula is C41H52N6O16. The third kappa shape index (κ3) is 9.88. The van der Waals surface area contributed by atoms with Crippen LogP contribution in [0.4, 0.5) is 5.69 Å². The van der Waals surface area contributed by atoms with Gasteiger partial charge in [0.2, 0.25) is 17.7 Å². The first-order valence-corrected chi connectivity index (χ1v) is 20.2. The van der Waals surface area contributed by atoms with Crippen LogP contribution >= 0.6 is 0 Å². The Bertz CT molecular complexity index is 2170. The lowest BCUT2D eigenvalue weighted by Crippen LogP contribution is -2.68. The van der Waals surface area contributed by atoms with Crippen LogP contribution in [0.3, 0.4) is 0 Å². The van der Waals surface area contributed by atoms with Gasteiger partial charge in [0.1, 0.15) is 42.3 Å². The SMILES string of the molecule is COC1CC(COC2(C(=O)O)CC(O)C(NC(C)=O)C(C(O)C(O)Cn3nnc4c3-c3ccccc3N(C(=O)CCC(=O)NC(C)C(=O)O)Cc3ccccc3-4)O2)C(O)C(O)C1O. The van der Waals surface area contributed by atoms with Crippen molar-refractivity contribution in [2.45, 2.75) is 119 Å². The van der Waals surface area contributed by atoms with Crippen LogP contribution in [0.15, 0.2) is 48.5 Å². The molecule has 1 saturated carbocycles. The Labute approximate surface area is 360 Å². The Morgan fingerprint density at radius 3 is 2.30 bits per heavy atom. The number of aliphatic hydroxyl groups excluding tert-OH is 6. The second-order valence-corrected chi connectivity index (χ2v) is 16.0. The minimum Gasteiger partial charge on any atom is -0.480 e. The third-order valence-corrected chi connectivity index (χ3v) is 11.7. The molecule has 3 heterocycles. The van der Waals surface area contributed by atoms with E-state index in [-0.39, 0.29) is 31.5 Å². The summed E-state index contributed by atoms with van der Waals surface area (Å²) in [7, 11) is 1.28. The first-order valence-electron chi connectivity index (χ1n) is 20.2. The summed E-state index contributed by atoms with van der Waals surface area (Å²) in [6.45, 7) is 1.31. The lowest BCUT2D eigenvalue weighted by molar-refractivity contribution is -0.317. The normalized spacial score (nSPS) is 28.2. The zero-order chi connectivity index (χ0) is 45.9. The van der Waals surface area contributed by atoms with Gasteiger partial charge in [0, 0.05) is 50.3 Å². The summed E-state index contributed by atoms with van der Waals surface area (Å²) in [5.74, 6) is -8.51. The zero-order valence-corrected chi connectivity index (χ0v) is 34.6. The van der Waals surface area contributed by atoms with E-state index in [1.165, 1.54) is 23.6 Å². The maximum atomic E-state index is 13.9. The topological polar surface area (TPSA) is 333 Å². The number of aliphatic hydroxyl groups is 6. The number of carboxylic acids is 2. The Kier molecular flexibility index (Phi) is 14.6. The molecule has 12 atom stereocenters. The van der Waals surface area contributed by atoms with Gasteiger partial charge in [-0.05, 0) is 25.0 Å². The molecule has 3 aliphatic rings. The van der Waals surface area contributed by atoms with Crippen molar-refractivity contribution in [1.82, 2.24) is 25.6 Å². The van der Waals surface area contributed by atoms with E-state index < -0.39 is 122 Å². The van der Waals surface area contributed by atoms with Gasteiger partial charge in [-0.15, -0.1) is 5.10 Å². The monoisotopic (exact) mass is 884 g/mol. The first-order chi connectivity index (χ1) is 29.9. The van der Waals surface area contributed by atoms with Crippen LogP contribution in [0.25, 0.3) is 22.5 Å². The fourth-order valence-electron chi connectivity index (χ4n) is 8.27. The molecule has 2 aliphatic heterocycles. The second kappa shape index (κ2) is 19.5. The molecule has 10 N–H and O–H groups in total. The summed E-state index contributed by atoms with van der Waals surface area (Å²) in [5.41, 5.74) is 2.59. The molecule has 12 unspecified atom stereocenters. The average molecular weight is 885 g/mol. The summed E-state index contributed by atoms with van der Waals surface area (Å²) in [5, 5.41) is 99.5. The van der Waals surface area contributed by atoms with Gasteiger partial charge in [0.15, 0.2) is 0 Å². The fourth-order valence-corrected chi connectivity index (χ4v) is 8.27. The minimum atomic E-state index is -2.72. The van der Waals surface area contributed by atoms with Gasteiger partial charge < -0.3 is 70.6 Å². The van der Waals surface area contributed by atoms with Crippen molar-refractivity contribution in [3.8, 4) is 22.5 Å². The number of amides is 3. The van der Waals surface area contributed by atoms with Crippen molar-refractivity contribution in [3.63, 3.8) is 0 Å². The average Bonchev–Trinajstić information content (AvgIpc) is 3.65. The predicted octanol–water partition coefficient (Wildman–Crippen LogP) is -1.88. The van der Waals surface area contributed by atoms with Gasteiger partial charge in [-0.3, -0.25) is 19.2 Å². The van der Waals surface area contributed by atoms with E-state index >= 15 is 0 Å². The highest BCUT2D eigenvalue weighted by Crippen LogP contribution is 2.42. The molecule has 3 aromatic rings. The molecule has 1 saturated heterocycles. The molecule has 0 spiro atoms. The molecule has 2 aromatic carbocycles. The number of hydrogen-bond acceptors (Lipinski definition) is 16. The molecule has 22 nitrogen and oxygen atoms in total. The highest BCUT2D eigenvalue weighted by molar-refractivity contribution is 6.01. The van der Waals surface area contributed by atoms with Crippen LogP contribution in [0.5, 0.6) is 0 Å². The van der Waals surface area contributed by atoms with E-state index in [1.807, 2.05) is 0 Å². The van der Waals surface area contributed by atoms with Gasteiger partial charge in [-0.25, -0.2) is 9.48 Å². The Balaban J connectivity index is 1.30. The molecule has 342 valence electrons. The van der Waals surface area contributed by atoms with Gasteiger partial charge >= 0.3 is 11.9 Å². The Hall–Kier alpha value is -5.43. The predicted molar refractivity (Wildman–Crippen MR) is 215 cm³/mol. The number of fused-ring (bicyclic) bond motifs is 5.